The quantitative estimate of drug-likeness (QED) is 0.703. The Labute approximate surface area is 90.3 Å². The number of Topliss-reactive ketones (excluding diaryl/α,β-unsaturated/α-hetero) is 1. The Morgan fingerprint density at radius 1 is 1.47 bits per heavy atom. The Kier molecular flexibility index (Phi) is 2.76. The number of aryl methyl sites for hydroxylation is 1. The molecule has 2 nitrogen and oxygen atoms in total. The molecule has 0 bridgehead atoms. The van der Waals surface area contributed by atoms with Crippen molar-refractivity contribution in [2.75, 3.05) is 6.61 Å². The molecule has 1 heterocycles. The van der Waals surface area contributed by atoms with Gasteiger partial charge >= 0.3 is 0 Å². The van der Waals surface area contributed by atoms with Crippen molar-refractivity contribution in [2.24, 2.45) is 5.92 Å². The van der Waals surface area contributed by atoms with Crippen molar-refractivity contribution in [3.05, 3.63) is 29.3 Å². The van der Waals surface area contributed by atoms with Crippen LogP contribution in [0.1, 0.15) is 35.7 Å². The van der Waals surface area contributed by atoms with Gasteiger partial charge in [-0.15, -0.1) is 0 Å². The Hall–Kier alpha value is -1.31. The summed E-state index contributed by atoms with van der Waals surface area (Å²) in [6.45, 7) is 4.73. The molecule has 1 atom stereocenters. The molecule has 0 N–H and O–H groups in total. The second-order valence-electron chi connectivity index (χ2n) is 4.16. The van der Waals surface area contributed by atoms with E-state index in [0.717, 1.165) is 23.3 Å². The van der Waals surface area contributed by atoms with Gasteiger partial charge in [-0.25, -0.2) is 0 Å². The van der Waals surface area contributed by atoms with Crippen LogP contribution in [0.5, 0.6) is 5.75 Å². The monoisotopic (exact) mass is 204 g/mol. The highest BCUT2D eigenvalue weighted by Crippen LogP contribution is 2.29. The third-order valence-electron chi connectivity index (χ3n) is 3.04. The van der Waals surface area contributed by atoms with Crippen molar-refractivity contribution in [3.8, 4) is 5.75 Å². The molecular formula is C13H16O2. The van der Waals surface area contributed by atoms with Gasteiger partial charge in [-0.05, 0) is 30.9 Å². The molecule has 0 aliphatic carbocycles. The summed E-state index contributed by atoms with van der Waals surface area (Å²) >= 11 is 0. The summed E-state index contributed by atoms with van der Waals surface area (Å²) < 4.78 is 5.68. The van der Waals surface area contributed by atoms with Crippen LogP contribution in [0.4, 0.5) is 0 Å². The average Bonchev–Trinajstić information content (AvgIpc) is 2.39. The summed E-state index contributed by atoms with van der Waals surface area (Å²) in [6.07, 6.45) is 1.62. The minimum Gasteiger partial charge on any atom is -0.493 e. The van der Waals surface area contributed by atoms with E-state index in [9.17, 15) is 4.79 Å². The smallest absolute Gasteiger partial charge is 0.167 e. The predicted octanol–water partition coefficient (Wildman–Crippen LogP) is 2.99. The van der Waals surface area contributed by atoms with Crippen LogP contribution in [0.3, 0.4) is 0 Å². The number of carbonyl (C=O) groups is 1. The van der Waals surface area contributed by atoms with Crippen LogP contribution in [0, 0.1) is 12.8 Å². The number of hydrogen-bond acceptors (Lipinski definition) is 2. The zero-order valence-corrected chi connectivity index (χ0v) is 9.25. The van der Waals surface area contributed by atoms with Crippen LogP contribution in [-0.4, -0.2) is 12.4 Å². The molecule has 1 aliphatic rings. The molecule has 1 aliphatic heterocycles. The zero-order valence-electron chi connectivity index (χ0n) is 9.25. The van der Waals surface area contributed by atoms with Crippen LogP contribution in [-0.2, 0) is 0 Å². The van der Waals surface area contributed by atoms with Gasteiger partial charge in [-0.3, -0.25) is 4.79 Å². The number of hydrogen-bond donors (Lipinski definition) is 0. The maximum Gasteiger partial charge on any atom is 0.167 e. The lowest BCUT2D eigenvalue weighted by atomic mass is 9.95. The van der Waals surface area contributed by atoms with Crippen molar-refractivity contribution >= 4 is 5.78 Å². The van der Waals surface area contributed by atoms with Crippen molar-refractivity contribution in [3.63, 3.8) is 0 Å². The van der Waals surface area contributed by atoms with Crippen LogP contribution >= 0.6 is 0 Å². The normalized spacial score (nSPS) is 20.4. The first-order chi connectivity index (χ1) is 7.22. The Morgan fingerprint density at radius 3 is 3.00 bits per heavy atom. The van der Waals surface area contributed by atoms with Crippen molar-refractivity contribution in [2.45, 2.75) is 26.7 Å². The minimum absolute atomic E-state index is 0.229. The summed E-state index contributed by atoms with van der Waals surface area (Å²) in [6, 6.07) is 5.79. The molecular weight excluding hydrogens is 188 g/mol. The van der Waals surface area contributed by atoms with Crippen molar-refractivity contribution in [1.82, 2.24) is 0 Å². The molecule has 0 radical (unpaired) electrons. The van der Waals surface area contributed by atoms with E-state index < -0.39 is 0 Å². The Balaban J connectivity index is 2.40. The molecule has 0 saturated carbocycles. The standard InChI is InChI=1S/C13H16O2/c1-3-10-7-11(14)13-9(2)5-4-6-12(13)15-8-10/h4-6,10H,3,7-8H2,1-2H3/t10-/m0/s1. The van der Waals surface area contributed by atoms with Crippen LogP contribution < -0.4 is 4.74 Å². The third kappa shape index (κ3) is 1.89. The van der Waals surface area contributed by atoms with E-state index in [4.69, 9.17) is 4.74 Å². The fraction of sp³-hybridized carbons (Fsp3) is 0.462. The molecule has 1 aromatic rings. The van der Waals surface area contributed by atoms with Gasteiger partial charge in [0, 0.05) is 6.42 Å². The predicted molar refractivity (Wildman–Crippen MR) is 59.4 cm³/mol. The topological polar surface area (TPSA) is 26.3 Å². The number of carbonyl (C=O) groups excluding carboxylic acids is 1. The van der Waals surface area contributed by atoms with E-state index in [2.05, 4.69) is 6.92 Å². The molecule has 0 fully saturated rings. The summed E-state index contributed by atoms with van der Waals surface area (Å²) in [4.78, 5) is 12.0. The van der Waals surface area contributed by atoms with E-state index in [1.165, 1.54) is 0 Å². The summed E-state index contributed by atoms with van der Waals surface area (Å²) in [5.41, 5.74) is 1.81. The lowest BCUT2D eigenvalue weighted by Gasteiger charge is -2.09. The molecule has 0 aromatic heterocycles. The maximum absolute atomic E-state index is 12.0. The largest absolute Gasteiger partial charge is 0.493 e. The lowest BCUT2D eigenvalue weighted by Crippen LogP contribution is -2.11. The van der Waals surface area contributed by atoms with Crippen LogP contribution in [0.2, 0.25) is 0 Å². The van der Waals surface area contributed by atoms with Crippen molar-refractivity contribution in [1.29, 1.82) is 0 Å². The summed E-state index contributed by atoms with van der Waals surface area (Å²) in [5, 5.41) is 0. The maximum atomic E-state index is 12.0. The Bertz CT molecular complexity index is 382. The van der Waals surface area contributed by atoms with Gasteiger partial charge in [0.2, 0.25) is 0 Å². The van der Waals surface area contributed by atoms with Gasteiger partial charge < -0.3 is 4.74 Å². The van der Waals surface area contributed by atoms with Crippen molar-refractivity contribution < 1.29 is 9.53 Å². The SMILES string of the molecule is CC[C@@H]1COc2cccc(C)c2C(=O)C1. The first-order valence-corrected chi connectivity index (χ1v) is 5.48. The number of rotatable bonds is 1. The highest BCUT2D eigenvalue weighted by atomic mass is 16.5. The second kappa shape index (κ2) is 4.05. The van der Waals surface area contributed by atoms with E-state index in [-0.39, 0.29) is 5.78 Å². The minimum atomic E-state index is 0.229. The molecule has 0 unspecified atom stereocenters. The van der Waals surface area contributed by atoms with E-state index >= 15 is 0 Å². The number of fused-ring (bicyclic) bond motifs is 1. The number of benzene rings is 1. The Morgan fingerprint density at radius 2 is 2.27 bits per heavy atom. The van der Waals surface area contributed by atoms with Gasteiger partial charge in [0.1, 0.15) is 5.75 Å². The van der Waals surface area contributed by atoms with Gasteiger partial charge in [0.15, 0.2) is 5.78 Å². The van der Waals surface area contributed by atoms with E-state index in [1.54, 1.807) is 0 Å². The highest BCUT2D eigenvalue weighted by molar-refractivity contribution is 6.00. The molecule has 2 rings (SSSR count). The summed E-state index contributed by atoms with van der Waals surface area (Å²) in [5.74, 6) is 1.35. The first-order valence-electron chi connectivity index (χ1n) is 5.48. The van der Waals surface area contributed by atoms with E-state index in [0.29, 0.717) is 18.9 Å². The van der Waals surface area contributed by atoms with Gasteiger partial charge in [-0.2, -0.15) is 0 Å². The molecule has 2 heteroatoms. The second-order valence-corrected chi connectivity index (χ2v) is 4.16. The fourth-order valence-corrected chi connectivity index (χ4v) is 2.01. The van der Waals surface area contributed by atoms with Crippen LogP contribution in [0.25, 0.3) is 0 Å². The first kappa shape index (κ1) is 10.2. The third-order valence-corrected chi connectivity index (χ3v) is 3.04. The lowest BCUT2D eigenvalue weighted by molar-refractivity contribution is 0.0960. The molecule has 0 amide bonds. The van der Waals surface area contributed by atoms with Gasteiger partial charge in [0.25, 0.3) is 0 Å². The average molecular weight is 204 g/mol. The number of ketones is 1. The van der Waals surface area contributed by atoms with Crippen LogP contribution in [0.15, 0.2) is 18.2 Å². The van der Waals surface area contributed by atoms with Gasteiger partial charge in [-0.1, -0.05) is 19.1 Å². The molecule has 1 aromatic carbocycles. The van der Waals surface area contributed by atoms with Gasteiger partial charge in [0.05, 0.1) is 12.2 Å². The zero-order chi connectivity index (χ0) is 10.8. The van der Waals surface area contributed by atoms with E-state index in [1.807, 2.05) is 25.1 Å². The molecule has 0 spiro atoms. The molecule has 0 saturated heterocycles. The summed E-state index contributed by atoms with van der Waals surface area (Å²) in [7, 11) is 0. The fourth-order valence-electron chi connectivity index (χ4n) is 2.01. The number of ether oxygens (including phenoxy) is 1. The highest BCUT2D eigenvalue weighted by Gasteiger charge is 2.23. The molecule has 80 valence electrons. The molecule has 15 heavy (non-hydrogen) atoms.